The first-order valence-electron chi connectivity index (χ1n) is 9.12. The van der Waals surface area contributed by atoms with Crippen LogP contribution in [0.2, 0.25) is 0 Å². The monoisotopic (exact) mass is 392 g/mol. The van der Waals surface area contributed by atoms with Gasteiger partial charge < -0.3 is 9.84 Å². The first-order valence-corrected chi connectivity index (χ1v) is 9.12. The summed E-state index contributed by atoms with van der Waals surface area (Å²) in [7, 11) is 0. The van der Waals surface area contributed by atoms with E-state index < -0.39 is 30.3 Å². The Hall–Kier alpha value is -2.61. The van der Waals surface area contributed by atoms with Gasteiger partial charge in [-0.25, -0.2) is 0 Å². The van der Waals surface area contributed by atoms with Crippen LogP contribution in [0.25, 0.3) is 10.8 Å². The number of hydrogen-bond donors (Lipinski definition) is 1. The molecule has 1 fully saturated rings. The molecule has 4 rings (SSSR count). The predicted molar refractivity (Wildman–Crippen MR) is 96.7 cm³/mol. The standard InChI is InChI=1S/C20H19F3N2O3/c21-20(22,23)19(27)15-9-3-4-10-16(15)24-25(19)18(26)12-28-17-11-5-7-13-6-1-2-8-14(13)17/h1-2,5-8,11,15,27H,3-4,9-10,12H2/t15-,19-/m1/s1. The van der Waals surface area contributed by atoms with Crippen LogP contribution in [-0.4, -0.2) is 40.2 Å². The average Bonchev–Trinajstić information content (AvgIpc) is 3.00. The minimum Gasteiger partial charge on any atom is -0.483 e. The third-order valence-electron chi connectivity index (χ3n) is 5.37. The normalized spacial score (nSPS) is 24.8. The molecule has 1 N–H and O–H groups in total. The van der Waals surface area contributed by atoms with Gasteiger partial charge in [-0.3, -0.25) is 4.79 Å². The van der Waals surface area contributed by atoms with Crippen molar-refractivity contribution in [1.29, 1.82) is 0 Å². The van der Waals surface area contributed by atoms with Gasteiger partial charge in [-0.05, 0) is 30.7 Å². The molecule has 0 radical (unpaired) electrons. The van der Waals surface area contributed by atoms with E-state index >= 15 is 0 Å². The van der Waals surface area contributed by atoms with E-state index in [1.165, 1.54) is 0 Å². The summed E-state index contributed by atoms with van der Waals surface area (Å²) in [4.78, 5) is 12.6. The van der Waals surface area contributed by atoms with Gasteiger partial charge in [-0.2, -0.15) is 23.3 Å². The Kier molecular flexibility index (Phi) is 4.53. The summed E-state index contributed by atoms with van der Waals surface area (Å²) in [5.74, 6) is -1.87. The van der Waals surface area contributed by atoms with Gasteiger partial charge in [0.05, 0.1) is 5.92 Å². The number of hydrogen-bond acceptors (Lipinski definition) is 4. The van der Waals surface area contributed by atoms with Crippen molar-refractivity contribution >= 4 is 22.4 Å². The van der Waals surface area contributed by atoms with E-state index in [2.05, 4.69) is 5.10 Å². The molecule has 1 amide bonds. The highest BCUT2D eigenvalue weighted by atomic mass is 19.4. The zero-order valence-corrected chi connectivity index (χ0v) is 14.9. The summed E-state index contributed by atoms with van der Waals surface area (Å²) in [5.41, 5.74) is -3.09. The fourth-order valence-electron chi connectivity index (χ4n) is 3.99. The van der Waals surface area contributed by atoms with Gasteiger partial charge in [0, 0.05) is 11.1 Å². The van der Waals surface area contributed by atoms with Crippen LogP contribution in [0.5, 0.6) is 5.75 Å². The summed E-state index contributed by atoms with van der Waals surface area (Å²) in [6.07, 6.45) is -3.29. The number of hydrazone groups is 1. The summed E-state index contributed by atoms with van der Waals surface area (Å²) in [6, 6.07) is 12.6. The van der Waals surface area contributed by atoms with E-state index in [0.717, 1.165) is 10.8 Å². The maximum absolute atomic E-state index is 13.7. The first kappa shape index (κ1) is 18.7. The van der Waals surface area contributed by atoms with E-state index in [9.17, 15) is 23.1 Å². The third kappa shape index (κ3) is 2.92. The molecule has 2 aromatic rings. The molecule has 1 heterocycles. The number of benzene rings is 2. The summed E-state index contributed by atoms with van der Waals surface area (Å²) >= 11 is 0. The quantitative estimate of drug-likeness (QED) is 0.863. The van der Waals surface area contributed by atoms with Crippen LogP contribution in [0.15, 0.2) is 47.6 Å². The van der Waals surface area contributed by atoms with Crippen LogP contribution in [0.4, 0.5) is 13.2 Å². The van der Waals surface area contributed by atoms with Gasteiger partial charge in [-0.15, -0.1) is 0 Å². The smallest absolute Gasteiger partial charge is 0.439 e. The lowest BCUT2D eigenvalue weighted by Gasteiger charge is -2.38. The number of alkyl halides is 3. The third-order valence-corrected chi connectivity index (χ3v) is 5.37. The first-order chi connectivity index (χ1) is 13.3. The van der Waals surface area contributed by atoms with Crippen molar-refractivity contribution < 1.29 is 27.8 Å². The summed E-state index contributed by atoms with van der Waals surface area (Å²) in [6.45, 7) is -0.657. The number of ether oxygens (including phenoxy) is 1. The van der Waals surface area contributed by atoms with E-state index in [1.807, 2.05) is 18.2 Å². The molecule has 0 aromatic heterocycles. The second-order valence-corrected chi connectivity index (χ2v) is 7.09. The lowest BCUT2D eigenvalue weighted by atomic mass is 9.80. The highest BCUT2D eigenvalue weighted by Gasteiger charge is 2.68. The van der Waals surface area contributed by atoms with Gasteiger partial charge >= 0.3 is 6.18 Å². The Morgan fingerprint density at radius 3 is 2.75 bits per heavy atom. The van der Waals surface area contributed by atoms with Crippen LogP contribution < -0.4 is 4.74 Å². The van der Waals surface area contributed by atoms with Gasteiger partial charge in [-0.1, -0.05) is 42.8 Å². The van der Waals surface area contributed by atoms with Crippen LogP contribution in [0.1, 0.15) is 25.7 Å². The summed E-state index contributed by atoms with van der Waals surface area (Å²) in [5, 5.41) is 16.2. The average molecular weight is 392 g/mol. The zero-order chi connectivity index (χ0) is 19.9. The molecule has 2 atom stereocenters. The Morgan fingerprint density at radius 2 is 1.96 bits per heavy atom. The lowest BCUT2D eigenvalue weighted by Crippen LogP contribution is -2.62. The molecule has 8 heteroatoms. The Balaban J connectivity index is 1.59. The van der Waals surface area contributed by atoms with Crippen LogP contribution >= 0.6 is 0 Å². The molecule has 0 saturated heterocycles. The van der Waals surface area contributed by atoms with Crippen molar-refractivity contribution in [2.75, 3.05) is 6.61 Å². The number of carbonyl (C=O) groups excluding carboxylic acids is 1. The fraction of sp³-hybridized carbons (Fsp3) is 0.400. The minimum absolute atomic E-state index is 0.142. The highest BCUT2D eigenvalue weighted by molar-refractivity contribution is 5.94. The topological polar surface area (TPSA) is 62.1 Å². The molecule has 148 valence electrons. The molecule has 1 saturated carbocycles. The van der Waals surface area contributed by atoms with Crippen molar-refractivity contribution in [3.05, 3.63) is 42.5 Å². The van der Waals surface area contributed by atoms with Crippen molar-refractivity contribution in [3.63, 3.8) is 0 Å². The molecule has 28 heavy (non-hydrogen) atoms. The van der Waals surface area contributed by atoms with Crippen molar-refractivity contribution in [2.45, 2.75) is 37.6 Å². The molecule has 5 nitrogen and oxygen atoms in total. The van der Waals surface area contributed by atoms with Crippen LogP contribution in [0.3, 0.4) is 0 Å². The highest BCUT2D eigenvalue weighted by Crippen LogP contribution is 2.48. The maximum Gasteiger partial charge on any atom is 0.439 e. The van der Waals surface area contributed by atoms with Crippen molar-refractivity contribution in [3.8, 4) is 5.75 Å². The number of carbonyl (C=O) groups is 1. The second kappa shape index (κ2) is 6.77. The number of fused-ring (bicyclic) bond motifs is 2. The lowest BCUT2D eigenvalue weighted by molar-refractivity contribution is -0.317. The van der Waals surface area contributed by atoms with E-state index in [0.29, 0.717) is 25.0 Å². The van der Waals surface area contributed by atoms with Gasteiger partial charge in [0.25, 0.3) is 11.6 Å². The molecule has 0 bridgehead atoms. The van der Waals surface area contributed by atoms with Crippen LogP contribution in [0, 0.1) is 5.92 Å². The maximum atomic E-state index is 13.7. The number of nitrogens with zero attached hydrogens (tertiary/aromatic N) is 2. The molecule has 1 aliphatic heterocycles. The Labute approximate surface area is 159 Å². The fourth-order valence-corrected chi connectivity index (χ4v) is 3.99. The van der Waals surface area contributed by atoms with Gasteiger partial charge in [0.15, 0.2) is 6.61 Å². The molecule has 0 unspecified atom stereocenters. The van der Waals surface area contributed by atoms with E-state index in [-0.39, 0.29) is 17.1 Å². The molecule has 1 aliphatic carbocycles. The molecule has 0 spiro atoms. The van der Waals surface area contributed by atoms with Gasteiger partial charge in [0.2, 0.25) is 0 Å². The summed E-state index contributed by atoms with van der Waals surface area (Å²) < 4.78 is 46.7. The van der Waals surface area contributed by atoms with Crippen LogP contribution in [-0.2, 0) is 4.79 Å². The second-order valence-electron chi connectivity index (χ2n) is 7.09. The largest absolute Gasteiger partial charge is 0.483 e. The molecule has 2 aromatic carbocycles. The predicted octanol–water partition coefficient (Wildman–Crippen LogP) is 3.86. The SMILES string of the molecule is O=C(COc1cccc2ccccc12)N1N=C2CCCC[C@H]2[C@@]1(O)C(F)(F)F. The van der Waals surface area contributed by atoms with Crippen molar-refractivity contribution in [2.24, 2.45) is 11.0 Å². The van der Waals surface area contributed by atoms with E-state index in [4.69, 9.17) is 4.74 Å². The number of halogens is 3. The molecule has 2 aliphatic rings. The van der Waals surface area contributed by atoms with Gasteiger partial charge in [0.1, 0.15) is 5.75 Å². The number of amides is 1. The number of rotatable bonds is 3. The minimum atomic E-state index is -5.02. The molecular formula is C20H19F3N2O3. The Morgan fingerprint density at radius 1 is 1.21 bits per heavy atom. The zero-order valence-electron chi connectivity index (χ0n) is 14.9. The molecular weight excluding hydrogens is 373 g/mol. The Bertz CT molecular complexity index is 938. The van der Waals surface area contributed by atoms with E-state index in [1.54, 1.807) is 24.3 Å². The number of aliphatic hydroxyl groups is 1. The van der Waals surface area contributed by atoms with Crippen molar-refractivity contribution in [1.82, 2.24) is 5.01 Å².